The van der Waals surface area contributed by atoms with E-state index in [2.05, 4.69) is 33.9 Å². The summed E-state index contributed by atoms with van der Waals surface area (Å²) in [5.74, 6) is 0.797. The monoisotopic (exact) mass is 504 g/mol. The average molecular weight is 505 g/mol. The summed E-state index contributed by atoms with van der Waals surface area (Å²) in [5.41, 5.74) is -0.628. The van der Waals surface area contributed by atoms with E-state index in [1.807, 2.05) is 68.4 Å². The molecule has 0 aromatic heterocycles. The molecule has 7 heteroatoms. The molecule has 1 aliphatic heterocycles. The Hall–Kier alpha value is -1.35. The van der Waals surface area contributed by atoms with E-state index in [9.17, 15) is 5.11 Å². The van der Waals surface area contributed by atoms with Gasteiger partial charge in [-0.05, 0) is 61.8 Å². The summed E-state index contributed by atoms with van der Waals surface area (Å²) in [7, 11) is -0.512. The van der Waals surface area contributed by atoms with Gasteiger partial charge in [-0.3, -0.25) is 0 Å². The minimum Gasteiger partial charge on any atom is -0.497 e. The molecule has 188 valence electrons. The van der Waals surface area contributed by atoms with Gasteiger partial charge in [0.05, 0.1) is 19.8 Å². The molecule has 1 fully saturated rings. The van der Waals surface area contributed by atoms with Gasteiger partial charge in [0.2, 0.25) is 0 Å². The molecule has 2 aromatic carbocycles. The lowest BCUT2D eigenvalue weighted by atomic mass is 9.87. The Morgan fingerprint density at radius 3 is 2.21 bits per heavy atom. The maximum absolute atomic E-state index is 12.0. The van der Waals surface area contributed by atoms with Crippen LogP contribution < -0.4 is 4.74 Å². The molecule has 0 radical (unpaired) electrons. The van der Waals surface area contributed by atoms with Gasteiger partial charge in [-0.1, -0.05) is 62.9 Å². The molecule has 0 amide bonds. The molecule has 34 heavy (non-hydrogen) atoms. The van der Waals surface area contributed by atoms with Crippen molar-refractivity contribution in [3.05, 3.63) is 60.2 Å². The van der Waals surface area contributed by atoms with E-state index in [0.717, 1.165) is 16.2 Å². The lowest BCUT2D eigenvalue weighted by Crippen LogP contribution is -2.67. The Balaban J connectivity index is 1.87. The third kappa shape index (κ3) is 6.25. The van der Waals surface area contributed by atoms with E-state index in [0.29, 0.717) is 6.61 Å². The minimum absolute atomic E-state index is 0.0118. The topological polar surface area (TPSA) is 57.2 Å². The molecule has 5 atom stereocenters. The summed E-state index contributed by atoms with van der Waals surface area (Å²) < 4.78 is 24.9. The van der Waals surface area contributed by atoms with Gasteiger partial charge in [-0.2, -0.15) is 0 Å². The van der Waals surface area contributed by atoms with E-state index in [-0.39, 0.29) is 16.6 Å². The Morgan fingerprint density at radius 1 is 1.03 bits per heavy atom. The molecule has 1 saturated heterocycles. The van der Waals surface area contributed by atoms with Crippen molar-refractivity contribution in [2.24, 2.45) is 0 Å². The Morgan fingerprint density at radius 2 is 1.65 bits per heavy atom. The van der Waals surface area contributed by atoms with Gasteiger partial charge in [0.15, 0.2) is 8.32 Å². The maximum Gasteiger partial charge on any atom is 0.192 e. The Labute approximate surface area is 210 Å². The van der Waals surface area contributed by atoms with Gasteiger partial charge < -0.3 is 23.7 Å². The van der Waals surface area contributed by atoms with Gasteiger partial charge in [-0.15, -0.1) is 0 Å². The van der Waals surface area contributed by atoms with Gasteiger partial charge in [-0.25, -0.2) is 0 Å². The van der Waals surface area contributed by atoms with E-state index < -0.39 is 26.1 Å². The highest BCUT2D eigenvalue weighted by Crippen LogP contribution is 2.45. The van der Waals surface area contributed by atoms with Gasteiger partial charge in [0.25, 0.3) is 0 Å². The molecule has 0 unspecified atom stereocenters. The van der Waals surface area contributed by atoms with Crippen molar-refractivity contribution in [1.82, 2.24) is 0 Å². The van der Waals surface area contributed by atoms with E-state index >= 15 is 0 Å². The summed E-state index contributed by atoms with van der Waals surface area (Å²) in [5, 5.41) is 12.0. The normalized spacial score (nSPS) is 28.0. The smallest absolute Gasteiger partial charge is 0.192 e. The molecule has 2 aromatic rings. The van der Waals surface area contributed by atoms with E-state index in [1.165, 1.54) is 0 Å². The van der Waals surface area contributed by atoms with Crippen molar-refractivity contribution < 1.29 is 23.7 Å². The Bertz CT molecular complexity index is 911. The first kappa shape index (κ1) is 27.2. The van der Waals surface area contributed by atoms with Crippen LogP contribution in [0.4, 0.5) is 0 Å². The fourth-order valence-electron chi connectivity index (χ4n) is 3.85. The van der Waals surface area contributed by atoms with Crippen molar-refractivity contribution in [1.29, 1.82) is 0 Å². The summed E-state index contributed by atoms with van der Waals surface area (Å²) >= 11 is 1.57. The minimum atomic E-state index is -2.16. The maximum atomic E-state index is 12.0. The van der Waals surface area contributed by atoms with Gasteiger partial charge in [0, 0.05) is 4.90 Å². The second-order valence-electron chi connectivity index (χ2n) is 10.7. The zero-order chi connectivity index (χ0) is 25.1. The fourth-order valence-corrected chi connectivity index (χ4v) is 6.56. The Kier molecular flexibility index (Phi) is 8.59. The lowest BCUT2D eigenvalue weighted by molar-refractivity contribution is -0.250. The third-order valence-electron chi connectivity index (χ3n) is 6.99. The van der Waals surface area contributed by atoms with Crippen LogP contribution in [-0.2, 0) is 20.5 Å². The average Bonchev–Trinajstić information content (AvgIpc) is 2.76. The molecular formula is C27H40O5SSi. The first-order valence-electron chi connectivity index (χ1n) is 11.9. The van der Waals surface area contributed by atoms with Crippen molar-refractivity contribution in [2.75, 3.05) is 7.11 Å². The second-order valence-corrected chi connectivity index (χ2v) is 16.7. The molecule has 1 aliphatic rings. The third-order valence-corrected chi connectivity index (χ3v) is 12.6. The summed E-state index contributed by atoms with van der Waals surface area (Å²) in [4.78, 5) is 1.07. The van der Waals surface area contributed by atoms with Crippen molar-refractivity contribution >= 4 is 20.1 Å². The molecule has 5 nitrogen and oxygen atoms in total. The van der Waals surface area contributed by atoms with Crippen LogP contribution in [0, 0.1) is 0 Å². The second kappa shape index (κ2) is 10.7. The molecule has 0 saturated carbocycles. The largest absolute Gasteiger partial charge is 0.497 e. The zero-order valence-corrected chi connectivity index (χ0v) is 23.5. The summed E-state index contributed by atoms with van der Waals surface area (Å²) in [6.07, 6.45) is -1.38. The lowest BCUT2D eigenvalue weighted by Gasteiger charge is -2.52. The van der Waals surface area contributed by atoms with Gasteiger partial charge >= 0.3 is 0 Å². The zero-order valence-electron chi connectivity index (χ0n) is 21.7. The quantitative estimate of drug-likeness (QED) is 0.428. The van der Waals surface area contributed by atoms with Crippen LogP contribution in [0.5, 0.6) is 5.75 Å². The number of benzene rings is 2. The predicted octanol–water partition coefficient (Wildman–Crippen LogP) is 6.26. The molecule has 1 N–H and O–H groups in total. The number of thioether (sulfide) groups is 1. The number of hydrogen-bond donors (Lipinski definition) is 1. The van der Waals surface area contributed by atoms with Crippen LogP contribution >= 0.6 is 11.8 Å². The highest BCUT2D eigenvalue weighted by molar-refractivity contribution is 7.99. The highest BCUT2D eigenvalue weighted by atomic mass is 32.2. The molecule has 0 aliphatic carbocycles. The van der Waals surface area contributed by atoms with Crippen LogP contribution in [0.3, 0.4) is 0 Å². The van der Waals surface area contributed by atoms with Gasteiger partial charge in [0.1, 0.15) is 29.0 Å². The van der Waals surface area contributed by atoms with E-state index in [1.54, 1.807) is 18.9 Å². The molecule has 3 rings (SSSR count). The molecule has 0 spiro atoms. The summed E-state index contributed by atoms with van der Waals surface area (Å²) in [6.45, 7) is 15.2. The molecule has 1 heterocycles. The molecular weight excluding hydrogens is 464 g/mol. The molecule has 0 bridgehead atoms. The number of methoxy groups -OCH3 is 1. The number of aliphatic hydroxyl groups is 1. The number of ether oxygens (including phenoxy) is 3. The predicted molar refractivity (Wildman–Crippen MR) is 141 cm³/mol. The van der Waals surface area contributed by atoms with Crippen molar-refractivity contribution in [2.45, 2.75) is 93.6 Å². The van der Waals surface area contributed by atoms with Crippen molar-refractivity contribution in [3.8, 4) is 5.75 Å². The van der Waals surface area contributed by atoms with Crippen LogP contribution in [0.2, 0.25) is 18.1 Å². The van der Waals surface area contributed by atoms with Crippen LogP contribution in [0.1, 0.15) is 40.2 Å². The fraction of sp³-hybridized carbons (Fsp3) is 0.556. The summed E-state index contributed by atoms with van der Waals surface area (Å²) in [6, 6.07) is 17.9. The van der Waals surface area contributed by atoms with E-state index in [4.69, 9.17) is 18.6 Å². The van der Waals surface area contributed by atoms with Crippen LogP contribution in [-0.4, -0.2) is 49.9 Å². The first-order valence-corrected chi connectivity index (χ1v) is 15.7. The number of hydrogen-bond acceptors (Lipinski definition) is 6. The SMILES string of the molecule is COc1ccc(CO[C@H]2[C@H](Sc3ccccc3)O[C@@H](C)[C@H](O[Si](C)(C)C(C)(C)C)[C@@]2(C)O)cc1. The first-order chi connectivity index (χ1) is 15.8. The highest BCUT2D eigenvalue weighted by Gasteiger charge is 2.56. The van der Waals surface area contributed by atoms with Crippen LogP contribution in [0.15, 0.2) is 59.5 Å². The number of rotatable bonds is 8. The standard InChI is InChI=1S/C27H40O5SSi/c1-19-23(32-34(7,8)26(2,3)4)27(5,28)24(25(31-19)33-22-12-10-9-11-13-22)30-18-20-14-16-21(29-6)17-15-20/h9-17,19,23-25,28H,18H2,1-8H3/t19-,23-,24-,25-,27+/m0/s1. The van der Waals surface area contributed by atoms with Crippen LogP contribution in [0.25, 0.3) is 0 Å². The van der Waals surface area contributed by atoms with Crippen molar-refractivity contribution in [3.63, 3.8) is 0 Å².